The summed E-state index contributed by atoms with van der Waals surface area (Å²) in [7, 11) is 2.03. The third-order valence-electron chi connectivity index (χ3n) is 3.57. The average Bonchev–Trinajstić information content (AvgIpc) is 3.09. The second-order valence-electron chi connectivity index (χ2n) is 6.94. The smallest absolute Gasteiger partial charge is 0.117 e. The largest absolute Gasteiger partial charge is 0.468 e. The maximum absolute atomic E-state index is 10.3. The molecule has 2 aromatic rings. The maximum atomic E-state index is 10.3. The van der Waals surface area contributed by atoms with Gasteiger partial charge in [-0.05, 0) is 45.0 Å². The van der Waals surface area contributed by atoms with Crippen molar-refractivity contribution in [3.8, 4) is 0 Å². The normalized spacial score (nSPS) is 13.7. The highest BCUT2D eigenvalue weighted by Crippen LogP contribution is 2.13. The van der Waals surface area contributed by atoms with E-state index >= 15 is 0 Å². The van der Waals surface area contributed by atoms with Gasteiger partial charge in [0.15, 0.2) is 0 Å². The molecule has 5 nitrogen and oxygen atoms in total. The van der Waals surface area contributed by atoms with Gasteiger partial charge in [0.05, 0.1) is 31.1 Å². The Balaban J connectivity index is 1.96. The van der Waals surface area contributed by atoms with Crippen molar-refractivity contribution in [2.45, 2.75) is 45.6 Å². The fourth-order valence-corrected chi connectivity index (χ4v) is 2.39. The Morgan fingerprint density at radius 1 is 1.26 bits per heavy atom. The number of aliphatic hydroxyl groups is 1. The summed E-state index contributed by atoms with van der Waals surface area (Å²) < 4.78 is 13.2. The van der Waals surface area contributed by atoms with E-state index in [0.717, 1.165) is 12.3 Å². The van der Waals surface area contributed by atoms with E-state index in [4.69, 9.17) is 9.15 Å². The number of rotatable bonds is 8. The van der Waals surface area contributed by atoms with Gasteiger partial charge in [0.25, 0.3) is 0 Å². The van der Waals surface area contributed by atoms with Gasteiger partial charge < -0.3 is 18.8 Å². The van der Waals surface area contributed by atoms with Crippen LogP contribution < -0.4 is 0 Å². The number of nitrogens with zero attached hydrogens (tertiary/aromatic N) is 2. The molecule has 2 rings (SSSR count). The minimum Gasteiger partial charge on any atom is -0.468 e. The molecular weight excluding hydrogens is 292 g/mol. The van der Waals surface area contributed by atoms with Gasteiger partial charge in [-0.25, -0.2) is 0 Å². The zero-order chi connectivity index (χ0) is 16.9. The van der Waals surface area contributed by atoms with Crippen molar-refractivity contribution in [1.29, 1.82) is 0 Å². The molecule has 0 amide bonds. The van der Waals surface area contributed by atoms with Crippen LogP contribution in [0.1, 0.15) is 32.2 Å². The minimum absolute atomic E-state index is 0.245. The van der Waals surface area contributed by atoms with Gasteiger partial charge in [0, 0.05) is 32.0 Å². The standard InChI is InChI=1S/C18H28N2O3/c1-18(2,3)23-14-16(21)12-20(13-17-8-6-10-22-17)11-15-7-5-9-19(15)4/h5-10,16,21H,11-14H2,1-4H3/t16-/m1/s1. The van der Waals surface area contributed by atoms with E-state index in [0.29, 0.717) is 19.7 Å². The minimum atomic E-state index is -0.538. The van der Waals surface area contributed by atoms with E-state index in [1.165, 1.54) is 5.69 Å². The summed E-state index contributed by atoms with van der Waals surface area (Å²) in [5, 5.41) is 10.3. The van der Waals surface area contributed by atoms with Crippen LogP contribution in [-0.4, -0.2) is 39.4 Å². The second kappa shape index (κ2) is 7.81. The van der Waals surface area contributed by atoms with E-state index in [1.807, 2.05) is 52.2 Å². The SMILES string of the molecule is Cn1cccc1CN(Cc1ccco1)C[C@@H](O)COC(C)(C)C. The van der Waals surface area contributed by atoms with E-state index in [-0.39, 0.29) is 5.60 Å². The molecule has 0 aliphatic rings. The lowest BCUT2D eigenvalue weighted by atomic mass is 10.2. The number of aliphatic hydroxyl groups excluding tert-OH is 1. The molecule has 5 heteroatoms. The quantitative estimate of drug-likeness (QED) is 0.812. The Labute approximate surface area is 138 Å². The summed E-state index contributed by atoms with van der Waals surface area (Å²) in [6.45, 7) is 8.23. The van der Waals surface area contributed by atoms with Crippen LogP contribution in [0.3, 0.4) is 0 Å². The van der Waals surface area contributed by atoms with Crippen molar-refractivity contribution in [2.75, 3.05) is 13.2 Å². The van der Waals surface area contributed by atoms with Gasteiger partial charge in [0.1, 0.15) is 5.76 Å². The highest BCUT2D eigenvalue weighted by atomic mass is 16.5. The predicted molar refractivity (Wildman–Crippen MR) is 89.9 cm³/mol. The fraction of sp³-hybridized carbons (Fsp3) is 0.556. The Bertz CT molecular complexity index is 569. The monoisotopic (exact) mass is 320 g/mol. The summed E-state index contributed by atoms with van der Waals surface area (Å²) in [5.41, 5.74) is 0.950. The van der Waals surface area contributed by atoms with Gasteiger partial charge in [0.2, 0.25) is 0 Å². The molecule has 0 aromatic carbocycles. The van der Waals surface area contributed by atoms with Crippen LogP contribution in [0, 0.1) is 0 Å². The molecule has 0 radical (unpaired) electrons. The van der Waals surface area contributed by atoms with Crippen LogP contribution in [0.2, 0.25) is 0 Å². The Morgan fingerprint density at radius 3 is 2.61 bits per heavy atom. The Kier molecular flexibility index (Phi) is 6.04. The number of aryl methyl sites for hydroxylation is 1. The predicted octanol–water partition coefficient (Wildman–Crippen LogP) is 2.80. The number of aromatic nitrogens is 1. The number of hydrogen-bond donors (Lipinski definition) is 1. The van der Waals surface area contributed by atoms with Gasteiger partial charge in [-0.3, -0.25) is 4.90 Å². The molecule has 0 unspecified atom stereocenters. The molecule has 1 atom stereocenters. The third kappa shape index (κ3) is 6.22. The van der Waals surface area contributed by atoms with Crippen molar-refractivity contribution in [2.24, 2.45) is 7.05 Å². The zero-order valence-electron chi connectivity index (χ0n) is 14.5. The molecule has 2 aromatic heterocycles. The summed E-state index contributed by atoms with van der Waals surface area (Å²) in [4.78, 5) is 2.17. The molecule has 1 N–H and O–H groups in total. The molecule has 0 saturated heterocycles. The summed E-state index contributed by atoms with van der Waals surface area (Å²) >= 11 is 0. The molecule has 0 spiro atoms. The average molecular weight is 320 g/mol. The molecule has 128 valence electrons. The number of hydrogen-bond acceptors (Lipinski definition) is 4. The molecular formula is C18H28N2O3. The molecule has 0 bridgehead atoms. The fourth-order valence-electron chi connectivity index (χ4n) is 2.39. The van der Waals surface area contributed by atoms with Crippen molar-refractivity contribution >= 4 is 0 Å². The van der Waals surface area contributed by atoms with Crippen LogP contribution in [0.15, 0.2) is 41.1 Å². The van der Waals surface area contributed by atoms with Crippen LogP contribution in [0.4, 0.5) is 0 Å². The van der Waals surface area contributed by atoms with Gasteiger partial charge in [-0.2, -0.15) is 0 Å². The van der Waals surface area contributed by atoms with Crippen LogP contribution in [0.25, 0.3) is 0 Å². The molecule has 0 aliphatic carbocycles. The van der Waals surface area contributed by atoms with Crippen molar-refractivity contribution in [3.05, 3.63) is 48.2 Å². The van der Waals surface area contributed by atoms with Crippen LogP contribution in [-0.2, 0) is 24.9 Å². The lowest BCUT2D eigenvalue weighted by Gasteiger charge is -2.27. The number of furan rings is 1. The van der Waals surface area contributed by atoms with Crippen LogP contribution >= 0.6 is 0 Å². The summed E-state index contributed by atoms with van der Waals surface area (Å²) in [6, 6.07) is 7.96. The lowest BCUT2D eigenvalue weighted by molar-refractivity contribution is -0.0577. The second-order valence-corrected chi connectivity index (χ2v) is 6.94. The molecule has 0 fully saturated rings. The van der Waals surface area contributed by atoms with Crippen molar-refractivity contribution < 1.29 is 14.3 Å². The van der Waals surface area contributed by atoms with E-state index in [2.05, 4.69) is 15.5 Å². The molecule has 0 saturated carbocycles. The van der Waals surface area contributed by atoms with Gasteiger partial charge >= 0.3 is 0 Å². The zero-order valence-corrected chi connectivity index (χ0v) is 14.5. The highest BCUT2D eigenvalue weighted by Gasteiger charge is 2.18. The highest BCUT2D eigenvalue weighted by molar-refractivity contribution is 5.07. The van der Waals surface area contributed by atoms with Crippen molar-refractivity contribution in [3.63, 3.8) is 0 Å². The van der Waals surface area contributed by atoms with Gasteiger partial charge in [-0.15, -0.1) is 0 Å². The first-order valence-electron chi connectivity index (χ1n) is 8.00. The van der Waals surface area contributed by atoms with E-state index in [1.54, 1.807) is 6.26 Å². The van der Waals surface area contributed by atoms with Gasteiger partial charge in [-0.1, -0.05) is 0 Å². The van der Waals surface area contributed by atoms with Crippen LogP contribution in [0.5, 0.6) is 0 Å². The topological polar surface area (TPSA) is 50.8 Å². The first-order valence-corrected chi connectivity index (χ1v) is 8.00. The Morgan fingerprint density at radius 2 is 2.04 bits per heavy atom. The maximum Gasteiger partial charge on any atom is 0.117 e. The lowest BCUT2D eigenvalue weighted by Crippen LogP contribution is -2.36. The number of ether oxygens (including phenoxy) is 1. The summed E-state index contributed by atoms with van der Waals surface area (Å²) in [6.07, 6.45) is 3.17. The molecule has 0 aliphatic heterocycles. The molecule has 2 heterocycles. The molecule has 23 heavy (non-hydrogen) atoms. The first-order chi connectivity index (χ1) is 10.8. The first kappa shape index (κ1) is 17.8. The van der Waals surface area contributed by atoms with Crippen molar-refractivity contribution in [1.82, 2.24) is 9.47 Å². The summed E-state index contributed by atoms with van der Waals surface area (Å²) in [5.74, 6) is 0.892. The van der Waals surface area contributed by atoms with E-state index < -0.39 is 6.10 Å². The third-order valence-corrected chi connectivity index (χ3v) is 3.57. The Hall–Kier alpha value is -1.56. The van der Waals surface area contributed by atoms with E-state index in [9.17, 15) is 5.11 Å².